The molecule has 0 fully saturated rings. The Balaban J connectivity index is 1.85. The molecule has 5 nitrogen and oxygen atoms in total. The van der Waals surface area contributed by atoms with E-state index < -0.39 is 0 Å². The molecular formula is C19H20N2O3S2. The van der Waals surface area contributed by atoms with Gasteiger partial charge in [0.15, 0.2) is 5.16 Å². The number of esters is 1. The first kappa shape index (κ1) is 18.7. The third kappa shape index (κ3) is 3.99. The molecule has 0 atom stereocenters. The Hall–Kier alpha value is -2.12. The minimum atomic E-state index is -0.283. The fourth-order valence-corrected chi connectivity index (χ4v) is 4.27. The lowest BCUT2D eigenvalue weighted by Crippen LogP contribution is -2.20. The van der Waals surface area contributed by atoms with Crippen molar-refractivity contribution in [2.24, 2.45) is 7.05 Å². The molecule has 0 amide bonds. The number of benzene rings is 1. The summed E-state index contributed by atoms with van der Waals surface area (Å²) in [5.74, 6) is -0.138. The summed E-state index contributed by atoms with van der Waals surface area (Å²) in [5.41, 5.74) is 1.80. The molecule has 0 aliphatic heterocycles. The van der Waals surface area contributed by atoms with E-state index in [4.69, 9.17) is 4.74 Å². The molecule has 0 radical (unpaired) electrons. The van der Waals surface area contributed by atoms with Crippen LogP contribution in [0.3, 0.4) is 0 Å². The van der Waals surface area contributed by atoms with Gasteiger partial charge in [-0.2, -0.15) is 0 Å². The van der Waals surface area contributed by atoms with E-state index in [-0.39, 0.29) is 17.3 Å². The summed E-state index contributed by atoms with van der Waals surface area (Å²) in [6.07, 6.45) is 1.84. The number of unbranched alkanes of at least 4 members (excludes halogenated alkanes) is 1. The molecule has 0 saturated carbocycles. The highest BCUT2D eigenvalue weighted by atomic mass is 32.2. The standard InChI is InChI=1S/C19H20N2O3S2/c1-3-4-10-24-15(22)12-26-19-20-17-16(18(23)21(19)2)14(11-25-17)13-8-6-5-7-9-13/h5-9,11H,3-4,10,12H2,1-2H3. The Morgan fingerprint density at radius 1 is 1.31 bits per heavy atom. The van der Waals surface area contributed by atoms with Crippen LogP contribution in [0.5, 0.6) is 0 Å². The van der Waals surface area contributed by atoms with Crippen molar-refractivity contribution in [3.63, 3.8) is 0 Å². The molecule has 3 rings (SSSR count). The van der Waals surface area contributed by atoms with Crippen LogP contribution in [0, 0.1) is 0 Å². The summed E-state index contributed by atoms with van der Waals surface area (Å²) >= 11 is 2.67. The topological polar surface area (TPSA) is 61.2 Å². The van der Waals surface area contributed by atoms with E-state index in [0.29, 0.717) is 22.0 Å². The van der Waals surface area contributed by atoms with Crippen LogP contribution in [0.25, 0.3) is 21.3 Å². The first-order chi connectivity index (χ1) is 12.6. The highest BCUT2D eigenvalue weighted by Crippen LogP contribution is 2.31. The third-order valence-electron chi connectivity index (χ3n) is 3.94. The molecule has 26 heavy (non-hydrogen) atoms. The number of hydrogen-bond acceptors (Lipinski definition) is 6. The molecule has 0 spiro atoms. The number of hydrogen-bond donors (Lipinski definition) is 0. The van der Waals surface area contributed by atoms with Crippen LogP contribution in [-0.2, 0) is 16.6 Å². The molecule has 3 aromatic rings. The number of aromatic nitrogens is 2. The quantitative estimate of drug-likeness (QED) is 0.264. The highest BCUT2D eigenvalue weighted by Gasteiger charge is 2.16. The number of thiophene rings is 1. The van der Waals surface area contributed by atoms with E-state index >= 15 is 0 Å². The lowest BCUT2D eigenvalue weighted by Gasteiger charge is -2.08. The summed E-state index contributed by atoms with van der Waals surface area (Å²) in [5, 5.41) is 3.11. The summed E-state index contributed by atoms with van der Waals surface area (Å²) in [4.78, 5) is 29.9. The van der Waals surface area contributed by atoms with Crippen LogP contribution in [0.4, 0.5) is 0 Å². The summed E-state index contributed by atoms with van der Waals surface area (Å²) < 4.78 is 6.66. The fraction of sp³-hybridized carbons (Fsp3) is 0.316. The Morgan fingerprint density at radius 3 is 2.81 bits per heavy atom. The van der Waals surface area contributed by atoms with Crippen LogP contribution in [0.2, 0.25) is 0 Å². The van der Waals surface area contributed by atoms with Gasteiger partial charge in [-0.1, -0.05) is 55.4 Å². The van der Waals surface area contributed by atoms with Gasteiger partial charge in [-0.05, 0) is 12.0 Å². The Labute approximate surface area is 160 Å². The highest BCUT2D eigenvalue weighted by molar-refractivity contribution is 7.99. The second-order valence-corrected chi connectivity index (χ2v) is 7.62. The first-order valence-electron chi connectivity index (χ1n) is 8.44. The van der Waals surface area contributed by atoms with Crippen molar-refractivity contribution in [2.45, 2.75) is 24.9 Å². The first-order valence-corrected chi connectivity index (χ1v) is 10.3. The van der Waals surface area contributed by atoms with Gasteiger partial charge < -0.3 is 4.74 Å². The van der Waals surface area contributed by atoms with Crippen molar-refractivity contribution in [1.82, 2.24) is 9.55 Å². The number of nitrogens with zero attached hydrogens (tertiary/aromatic N) is 2. The monoisotopic (exact) mass is 388 g/mol. The fourth-order valence-electron chi connectivity index (χ4n) is 2.51. The largest absolute Gasteiger partial charge is 0.465 e. The van der Waals surface area contributed by atoms with Gasteiger partial charge in [-0.3, -0.25) is 14.2 Å². The normalized spacial score (nSPS) is 11.0. The van der Waals surface area contributed by atoms with Crippen molar-refractivity contribution >= 4 is 39.3 Å². The van der Waals surface area contributed by atoms with Gasteiger partial charge >= 0.3 is 5.97 Å². The minimum absolute atomic E-state index is 0.100. The zero-order chi connectivity index (χ0) is 18.5. The van der Waals surface area contributed by atoms with Gasteiger partial charge in [-0.15, -0.1) is 11.3 Å². The Morgan fingerprint density at radius 2 is 2.08 bits per heavy atom. The van der Waals surface area contributed by atoms with Crippen LogP contribution in [0.15, 0.2) is 45.7 Å². The third-order valence-corrected chi connectivity index (χ3v) is 5.81. The minimum Gasteiger partial charge on any atom is -0.465 e. The predicted octanol–water partition coefficient (Wildman–Crippen LogP) is 4.10. The van der Waals surface area contributed by atoms with Crippen molar-refractivity contribution < 1.29 is 9.53 Å². The van der Waals surface area contributed by atoms with Gasteiger partial charge in [0.1, 0.15) is 4.83 Å². The maximum Gasteiger partial charge on any atom is 0.316 e. The second-order valence-electron chi connectivity index (χ2n) is 5.82. The van der Waals surface area contributed by atoms with E-state index in [1.54, 1.807) is 7.05 Å². The molecule has 1 aromatic carbocycles. The number of carbonyl (C=O) groups excluding carboxylic acids is 1. The SMILES string of the molecule is CCCCOC(=O)CSc1nc2scc(-c3ccccc3)c2c(=O)n1C. The number of ether oxygens (including phenoxy) is 1. The predicted molar refractivity (Wildman–Crippen MR) is 107 cm³/mol. The lowest BCUT2D eigenvalue weighted by atomic mass is 10.1. The summed E-state index contributed by atoms with van der Waals surface area (Å²) in [6, 6.07) is 9.81. The molecule has 0 aliphatic rings. The van der Waals surface area contributed by atoms with E-state index in [2.05, 4.69) is 4.98 Å². The van der Waals surface area contributed by atoms with Gasteiger partial charge in [0.2, 0.25) is 0 Å². The van der Waals surface area contributed by atoms with E-state index in [0.717, 1.165) is 24.0 Å². The van der Waals surface area contributed by atoms with Crippen molar-refractivity contribution in [2.75, 3.05) is 12.4 Å². The molecular weight excluding hydrogens is 368 g/mol. The zero-order valence-electron chi connectivity index (χ0n) is 14.7. The van der Waals surface area contributed by atoms with Crippen molar-refractivity contribution in [1.29, 1.82) is 0 Å². The van der Waals surface area contributed by atoms with E-state index in [1.807, 2.05) is 42.6 Å². The molecule has 0 N–H and O–H groups in total. The number of carbonyl (C=O) groups is 1. The average molecular weight is 389 g/mol. The van der Waals surface area contributed by atoms with Crippen molar-refractivity contribution in [3.05, 3.63) is 46.1 Å². The van der Waals surface area contributed by atoms with Gasteiger partial charge in [0.25, 0.3) is 5.56 Å². The number of fused-ring (bicyclic) bond motifs is 1. The molecule has 7 heteroatoms. The molecule has 0 saturated heterocycles. The molecule has 136 valence electrons. The van der Waals surface area contributed by atoms with Crippen molar-refractivity contribution in [3.8, 4) is 11.1 Å². The van der Waals surface area contributed by atoms with Crippen LogP contribution in [0.1, 0.15) is 19.8 Å². The maximum atomic E-state index is 12.9. The Kier molecular flexibility index (Phi) is 6.11. The molecule has 0 bridgehead atoms. The summed E-state index contributed by atoms with van der Waals surface area (Å²) in [6.45, 7) is 2.48. The van der Waals surface area contributed by atoms with Crippen LogP contribution >= 0.6 is 23.1 Å². The number of thioether (sulfide) groups is 1. The summed E-state index contributed by atoms with van der Waals surface area (Å²) in [7, 11) is 1.69. The van der Waals surface area contributed by atoms with Crippen LogP contribution in [-0.4, -0.2) is 27.9 Å². The zero-order valence-corrected chi connectivity index (χ0v) is 16.4. The van der Waals surface area contributed by atoms with Crippen LogP contribution < -0.4 is 5.56 Å². The average Bonchev–Trinajstić information content (AvgIpc) is 3.08. The number of rotatable bonds is 7. The van der Waals surface area contributed by atoms with Gasteiger partial charge in [0.05, 0.1) is 17.7 Å². The molecule has 0 aliphatic carbocycles. The Bertz CT molecular complexity index is 964. The van der Waals surface area contributed by atoms with E-state index in [1.165, 1.54) is 27.7 Å². The van der Waals surface area contributed by atoms with Gasteiger partial charge in [0, 0.05) is 18.0 Å². The lowest BCUT2D eigenvalue weighted by molar-refractivity contribution is -0.140. The smallest absolute Gasteiger partial charge is 0.316 e. The second kappa shape index (κ2) is 8.51. The molecule has 0 unspecified atom stereocenters. The van der Waals surface area contributed by atoms with E-state index in [9.17, 15) is 9.59 Å². The van der Waals surface area contributed by atoms with Gasteiger partial charge in [-0.25, -0.2) is 4.98 Å². The molecule has 2 aromatic heterocycles. The maximum absolute atomic E-state index is 12.9. The molecule has 2 heterocycles.